The Labute approximate surface area is 241 Å². The molecule has 1 aromatic rings. The Morgan fingerprint density at radius 3 is 2.00 bits per heavy atom. The molecule has 1 atom stereocenters. The lowest BCUT2D eigenvalue weighted by Gasteiger charge is -2.21. The van der Waals surface area contributed by atoms with E-state index in [0.717, 1.165) is 64.8 Å². The normalized spacial score (nSPS) is 12.2. The summed E-state index contributed by atoms with van der Waals surface area (Å²) in [5.41, 5.74) is -0.134. The number of Topliss-reactive ketones (excluding diaryl/α,β-unsaturated/α-hetero) is 2. The van der Waals surface area contributed by atoms with Gasteiger partial charge in [0.1, 0.15) is 5.78 Å². The van der Waals surface area contributed by atoms with E-state index in [9.17, 15) is 22.8 Å². The molecular formula is C30H49ClN2O5S. The summed E-state index contributed by atoms with van der Waals surface area (Å²) in [6, 6.07) is 3.15. The lowest BCUT2D eigenvalue weighted by molar-refractivity contribution is -0.121. The van der Waals surface area contributed by atoms with Gasteiger partial charge in [-0.2, -0.15) is 0 Å². The standard InChI is InChI=1S/C30H49ClN2O5S/c1-5-8-10-12-14-16-18-25(27(34)19-17-15-13-11-9-6-2)29(35)26-23-24(31)20-21-28(26)39(37,38)33(4)30(36)32-22-7-3/h20-21,23,25H,5-19,22H2,1-4H3,(H,32,36). The van der Waals surface area contributed by atoms with Gasteiger partial charge < -0.3 is 5.32 Å². The van der Waals surface area contributed by atoms with Gasteiger partial charge in [0.25, 0.3) is 10.0 Å². The fourth-order valence-corrected chi connectivity index (χ4v) is 5.96. The number of nitrogens with zero attached hydrogens (tertiary/aromatic N) is 1. The van der Waals surface area contributed by atoms with Gasteiger partial charge in [0.15, 0.2) is 5.78 Å². The second kappa shape index (κ2) is 19.2. The number of carbonyl (C=O) groups is 3. The zero-order chi connectivity index (χ0) is 29.3. The van der Waals surface area contributed by atoms with Crippen LogP contribution >= 0.6 is 11.6 Å². The largest absolute Gasteiger partial charge is 0.337 e. The topological polar surface area (TPSA) is 101 Å². The van der Waals surface area contributed by atoms with Crippen molar-refractivity contribution in [2.75, 3.05) is 13.6 Å². The minimum Gasteiger partial charge on any atom is -0.337 e. The number of rotatable bonds is 21. The van der Waals surface area contributed by atoms with Gasteiger partial charge >= 0.3 is 6.03 Å². The molecule has 9 heteroatoms. The summed E-state index contributed by atoms with van der Waals surface area (Å²) in [6.45, 7) is 6.48. The molecule has 0 spiro atoms. The molecular weight excluding hydrogens is 536 g/mol. The average molecular weight is 585 g/mol. The van der Waals surface area contributed by atoms with Crippen LogP contribution in [0.1, 0.15) is 127 Å². The molecule has 39 heavy (non-hydrogen) atoms. The van der Waals surface area contributed by atoms with E-state index in [-0.39, 0.29) is 21.3 Å². The second-order valence-electron chi connectivity index (χ2n) is 10.3. The maximum Gasteiger partial charge on any atom is 0.331 e. The van der Waals surface area contributed by atoms with E-state index in [1.807, 2.05) is 6.92 Å². The number of nitrogens with one attached hydrogen (secondary N) is 1. The van der Waals surface area contributed by atoms with Gasteiger partial charge in [-0.15, -0.1) is 0 Å². The number of unbranched alkanes of at least 4 members (excludes halogenated alkanes) is 10. The highest BCUT2D eigenvalue weighted by Gasteiger charge is 2.34. The summed E-state index contributed by atoms with van der Waals surface area (Å²) in [5.74, 6) is -1.62. The van der Waals surface area contributed by atoms with E-state index in [4.69, 9.17) is 11.6 Å². The minimum atomic E-state index is -4.36. The van der Waals surface area contributed by atoms with Gasteiger partial charge in [0.05, 0.1) is 10.8 Å². The molecule has 222 valence electrons. The number of urea groups is 1. The fourth-order valence-electron chi connectivity index (χ4n) is 4.53. The summed E-state index contributed by atoms with van der Waals surface area (Å²) in [7, 11) is -3.20. The Bertz CT molecular complexity index is 1010. The summed E-state index contributed by atoms with van der Waals surface area (Å²) in [6.07, 6.45) is 13.5. The Balaban J connectivity index is 3.20. The van der Waals surface area contributed by atoms with E-state index in [1.165, 1.54) is 24.6 Å². The smallest absolute Gasteiger partial charge is 0.331 e. The van der Waals surface area contributed by atoms with Crippen LogP contribution in [0.3, 0.4) is 0 Å². The van der Waals surface area contributed by atoms with Gasteiger partial charge in [-0.05, 0) is 37.5 Å². The molecule has 0 aliphatic rings. The molecule has 1 rings (SSSR count). The molecule has 0 aromatic heterocycles. The van der Waals surface area contributed by atoms with Crippen LogP contribution in [0.5, 0.6) is 0 Å². The van der Waals surface area contributed by atoms with Gasteiger partial charge in [-0.1, -0.05) is 103 Å². The Hall–Kier alpha value is -1.93. The van der Waals surface area contributed by atoms with Crippen molar-refractivity contribution in [3.05, 3.63) is 28.8 Å². The number of carbonyl (C=O) groups excluding carboxylic acids is 3. The highest BCUT2D eigenvalue weighted by Crippen LogP contribution is 2.29. The molecule has 0 heterocycles. The van der Waals surface area contributed by atoms with Gasteiger partial charge in [-0.3, -0.25) is 9.59 Å². The number of hydrogen-bond donors (Lipinski definition) is 1. The molecule has 1 aromatic carbocycles. The number of hydrogen-bond acceptors (Lipinski definition) is 5. The zero-order valence-corrected chi connectivity index (χ0v) is 26.0. The Morgan fingerprint density at radius 2 is 1.41 bits per heavy atom. The Morgan fingerprint density at radius 1 is 0.846 bits per heavy atom. The van der Waals surface area contributed by atoms with Crippen LogP contribution in [0, 0.1) is 5.92 Å². The monoisotopic (exact) mass is 584 g/mol. The third kappa shape index (κ3) is 12.0. The fraction of sp³-hybridized carbons (Fsp3) is 0.700. The van der Waals surface area contributed by atoms with Crippen molar-refractivity contribution in [1.82, 2.24) is 9.62 Å². The SMILES string of the molecule is CCCCCCCCC(=O)C(CCCCCCCC)C(=O)c1cc(Cl)ccc1S(=O)(=O)N(C)C(=O)NCCC. The van der Waals surface area contributed by atoms with E-state index < -0.39 is 27.8 Å². The van der Waals surface area contributed by atoms with E-state index in [0.29, 0.717) is 43.0 Å². The molecule has 7 nitrogen and oxygen atoms in total. The van der Waals surface area contributed by atoms with Crippen LogP contribution in [0.4, 0.5) is 4.79 Å². The highest BCUT2D eigenvalue weighted by atomic mass is 35.5. The molecule has 0 radical (unpaired) electrons. The summed E-state index contributed by atoms with van der Waals surface area (Å²) in [5, 5.41) is 2.73. The molecule has 0 aliphatic heterocycles. The average Bonchev–Trinajstić information content (AvgIpc) is 2.92. The van der Waals surface area contributed by atoms with Crippen LogP contribution in [-0.4, -0.2) is 43.9 Å². The maximum absolute atomic E-state index is 13.8. The number of halogens is 1. The van der Waals surface area contributed by atoms with Gasteiger partial charge in [0, 0.05) is 30.6 Å². The Kier molecular flexibility index (Phi) is 17.3. The lowest BCUT2D eigenvalue weighted by Crippen LogP contribution is -2.41. The maximum atomic E-state index is 13.8. The molecule has 0 fully saturated rings. The number of amides is 2. The van der Waals surface area contributed by atoms with Gasteiger partial charge in [-0.25, -0.2) is 17.5 Å². The van der Waals surface area contributed by atoms with Crippen LogP contribution in [0.2, 0.25) is 5.02 Å². The third-order valence-electron chi connectivity index (χ3n) is 6.99. The van der Waals surface area contributed by atoms with Crippen LogP contribution in [0.25, 0.3) is 0 Å². The quantitative estimate of drug-likeness (QED) is 0.0897. The van der Waals surface area contributed by atoms with E-state index in [1.54, 1.807) is 0 Å². The van der Waals surface area contributed by atoms with Crippen molar-refractivity contribution in [2.45, 2.75) is 122 Å². The number of sulfonamides is 1. The zero-order valence-electron chi connectivity index (χ0n) is 24.4. The second-order valence-corrected chi connectivity index (χ2v) is 12.7. The first-order valence-electron chi connectivity index (χ1n) is 14.7. The first-order valence-corrected chi connectivity index (χ1v) is 16.6. The molecule has 0 saturated heterocycles. The van der Waals surface area contributed by atoms with Gasteiger partial charge in [0.2, 0.25) is 0 Å². The minimum absolute atomic E-state index is 0.134. The highest BCUT2D eigenvalue weighted by molar-refractivity contribution is 7.89. The van der Waals surface area contributed by atoms with E-state index in [2.05, 4.69) is 19.2 Å². The van der Waals surface area contributed by atoms with Crippen molar-refractivity contribution < 1.29 is 22.8 Å². The summed E-state index contributed by atoms with van der Waals surface area (Å²) >= 11 is 6.20. The predicted octanol–water partition coefficient (Wildman–Crippen LogP) is 7.95. The molecule has 1 unspecified atom stereocenters. The van der Waals surface area contributed by atoms with Crippen molar-refractivity contribution in [3.63, 3.8) is 0 Å². The van der Waals surface area contributed by atoms with Crippen molar-refractivity contribution in [1.29, 1.82) is 0 Å². The van der Waals surface area contributed by atoms with E-state index >= 15 is 0 Å². The first kappa shape index (κ1) is 35.1. The number of benzene rings is 1. The third-order valence-corrected chi connectivity index (χ3v) is 9.02. The lowest BCUT2D eigenvalue weighted by atomic mass is 9.86. The molecule has 2 amide bonds. The van der Waals surface area contributed by atoms with Crippen molar-refractivity contribution in [2.24, 2.45) is 5.92 Å². The molecule has 0 bridgehead atoms. The molecule has 0 aliphatic carbocycles. The summed E-state index contributed by atoms with van der Waals surface area (Å²) < 4.78 is 27.4. The molecule has 1 N–H and O–H groups in total. The van der Waals surface area contributed by atoms with Crippen LogP contribution < -0.4 is 5.32 Å². The van der Waals surface area contributed by atoms with Crippen LogP contribution in [-0.2, 0) is 14.8 Å². The van der Waals surface area contributed by atoms with Crippen LogP contribution in [0.15, 0.2) is 23.1 Å². The first-order chi connectivity index (χ1) is 18.6. The predicted molar refractivity (Wildman–Crippen MR) is 159 cm³/mol. The van der Waals surface area contributed by atoms with Crippen molar-refractivity contribution in [3.8, 4) is 0 Å². The summed E-state index contributed by atoms with van der Waals surface area (Å²) in [4.78, 5) is 39.3. The van der Waals surface area contributed by atoms with Crippen molar-refractivity contribution >= 4 is 39.2 Å². The molecule has 0 saturated carbocycles. The number of ketones is 2.